The number of amides is 3. The van der Waals surface area contributed by atoms with Crippen LogP contribution in [-0.4, -0.2) is 55.8 Å². The van der Waals surface area contributed by atoms with E-state index in [1.165, 1.54) is 13.1 Å². The molecular weight excluding hydrogens is 394 g/mol. The number of esters is 1. The van der Waals surface area contributed by atoms with E-state index in [0.717, 1.165) is 5.56 Å². The minimum atomic E-state index is -0.637. The molecule has 1 aromatic carbocycles. The summed E-state index contributed by atoms with van der Waals surface area (Å²) in [5, 5.41) is 8.90. The van der Waals surface area contributed by atoms with Gasteiger partial charge in [-0.15, -0.1) is 5.59 Å². The van der Waals surface area contributed by atoms with Crippen molar-refractivity contribution >= 4 is 35.8 Å². The quantitative estimate of drug-likeness (QED) is 0.300. The van der Waals surface area contributed by atoms with Crippen molar-refractivity contribution in [3.05, 3.63) is 29.8 Å². The van der Waals surface area contributed by atoms with Crippen LogP contribution in [0.1, 0.15) is 32.3 Å². The molecule has 0 saturated carbocycles. The highest BCUT2D eigenvalue weighted by atomic mass is 16.7. The third kappa shape index (κ3) is 7.08. The molecule has 2 rings (SSSR count). The number of nitrogens with one attached hydrogen (secondary N) is 3. The van der Waals surface area contributed by atoms with E-state index in [-0.39, 0.29) is 25.5 Å². The van der Waals surface area contributed by atoms with Crippen molar-refractivity contribution in [3.8, 4) is 0 Å². The van der Waals surface area contributed by atoms with Gasteiger partial charge in [-0.1, -0.05) is 12.1 Å². The Labute approximate surface area is 173 Å². The second kappa shape index (κ2) is 11.4. The van der Waals surface area contributed by atoms with Crippen LogP contribution in [0, 0.1) is 0 Å². The number of hydrazone groups is 1. The van der Waals surface area contributed by atoms with Crippen molar-refractivity contribution < 1.29 is 28.8 Å². The molecule has 3 N–H and O–H groups in total. The lowest BCUT2D eigenvalue weighted by molar-refractivity contribution is -0.148. The van der Waals surface area contributed by atoms with Gasteiger partial charge >= 0.3 is 18.0 Å². The molecule has 0 bridgehead atoms. The van der Waals surface area contributed by atoms with Crippen LogP contribution in [-0.2, 0) is 24.0 Å². The molecule has 1 saturated heterocycles. The molecule has 1 aliphatic heterocycles. The van der Waals surface area contributed by atoms with Gasteiger partial charge in [0.05, 0.1) is 19.2 Å². The summed E-state index contributed by atoms with van der Waals surface area (Å²) in [5.74, 6) is -1.11. The predicted octanol–water partition coefficient (Wildman–Crippen LogP) is 0.446. The first-order chi connectivity index (χ1) is 14.4. The van der Waals surface area contributed by atoms with Crippen LogP contribution in [0.25, 0.3) is 0 Å². The molecule has 1 atom stereocenters. The zero-order valence-corrected chi connectivity index (χ0v) is 16.8. The number of anilines is 1. The van der Waals surface area contributed by atoms with E-state index in [0.29, 0.717) is 18.7 Å². The number of rotatable bonds is 9. The summed E-state index contributed by atoms with van der Waals surface area (Å²) in [7, 11) is 0. The van der Waals surface area contributed by atoms with Gasteiger partial charge in [0.15, 0.2) is 0 Å². The maximum atomic E-state index is 12.6. The third-order valence-corrected chi connectivity index (χ3v) is 4.09. The van der Waals surface area contributed by atoms with E-state index in [4.69, 9.17) is 4.74 Å². The molecule has 0 radical (unpaired) electrons. The molecule has 1 aromatic rings. The van der Waals surface area contributed by atoms with Crippen molar-refractivity contribution in [2.24, 2.45) is 5.10 Å². The second-order valence-corrected chi connectivity index (χ2v) is 6.32. The zero-order valence-electron chi connectivity index (χ0n) is 16.8. The molecular formula is C19H25N5O6. The van der Waals surface area contributed by atoms with Crippen LogP contribution in [0.4, 0.5) is 10.5 Å². The van der Waals surface area contributed by atoms with E-state index in [1.807, 2.05) is 0 Å². The first kappa shape index (κ1) is 22.7. The number of hydrogen-bond donors (Lipinski definition) is 3. The minimum absolute atomic E-state index is 0.0675. The van der Waals surface area contributed by atoms with Crippen molar-refractivity contribution in [2.45, 2.75) is 32.7 Å². The molecule has 0 unspecified atom stereocenters. The van der Waals surface area contributed by atoms with Gasteiger partial charge in [0.2, 0.25) is 5.91 Å². The summed E-state index contributed by atoms with van der Waals surface area (Å²) in [6.07, 6.45) is 2.00. The fourth-order valence-corrected chi connectivity index (χ4v) is 2.72. The van der Waals surface area contributed by atoms with Crippen molar-refractivity contribution in [3.63, 3.8) is 0 Å². The third-order valence-electron chi connectivity index (χ3n) is 4.09. The Hall–Kier alpha value is -3.63. The van der Waals surface area contributed by atoms with Crippen molar-refractivity contribution in [2.75, 3.05) is 24.6 Å². The molecule has 0 spiro atoms. The van der Waals surface area contributed by atoms with Gasteiger partial charge in [0.25, 0.3) is 0 Å². The lowest BCUT2D eigenvalue weighted by atomic mass is 10.2. The fourth-order valence-electron chi connectivity index (χ4n) is 2.72. The number of carbonyl (C=O) groups excluding carboxylic acids is 4. The Bertz CT molecular complexity index is 795. The summed E-state index contributed by atoms with van der Waals surface area (Å²) in [6.45, 7) is 3.84. The molecule has 0 aromatic heterocycles. The van der Waals surface area contributed by atoms with Crippen LogP contribution in [0.2, 0.25) is 0 Å². The molecule has 1 aliphatic rings. The summed E-state index contributed by atoms with van der Waals surface area (Å²) >= 11 is 0. The Morgan fingerprint density at radius 2 is 2.00 bits per heavy atom. The molecule has 11 heteroatoms. The van der Waals surface area contributed by atoms with E-state index in [1.54, 1.807) is 36.1 Å². The van der Waals surface area contributed by atoms with Crippen LogP contribution in [0.5, 0.6) is 0 Å². The van der Waals surface area contributed by atoms with E-state index in [9.17, 15) is 19.2 Å². The number of hydrogen-bond acceptors (Lipinski definition) is 8. The van der Waals surface area contributed by atoms with Gasteiger partial charge in [0, 0.05) is 25.7 Å². The Morgan fingerprint density at radius 1 is 1.27 bits per heavy atom. The molecule has 11 nitrogen and oxygen atoms in total. The molecule has 162 valence electrons. The Kier molecular flexibility index (Phi) is 8.60. The number of benzene rings is 1. The van der Waals surface area contributed by atoms with Crippen LogP contribution in [0.3, 0.4) is 0 Å². The maximum absolute atomic E-state index is 12.6. The second-order valence-electron chi connectivity index (χ2n) is 6.32. The van der Waals surface area contributed by atoms with Crippen molar-refractivity contribution in [1.29, 1.82) is 0 Å². The standard InChI is InChI=1S/C19H25N5O6/c1-3-29-17(26)8-10-20-19(28)22-16-9-11-24(18(16)27)15-6-4-14(5-7-15)12-21-23-30-13(2)25/h4-7,12,16,23H,3,8-11H2,1-2H3,(H2,20,22,28)/t16-/m0/s1. The number of carbonyl (C=O) groups is 4. The van der Waals surface area contributed by atoms with Gasteiger partial charge in [0.1, 0.15) is 6.04 Å². The molecule has 3 amide bonds. The predicted molar refractivity (Wildman–Crippen MR) is 107 cm³/mol. The van der Waals surface area contributed by atoms with E-state index in [2.05, 4.69) is 26.2 Å². The van der Waals surface area contributed by atoms with Gasteiger partial charge in [-0.2, -0.15) is 5.10 Å². The Balaban J connectivity index is 1.81. The highest BCUT2D eigenvalue weighted by Gasteiger charge is 2.33. The average molecular weight is 419 g/mol. The Morgan fingerprint density at radius 3 is 2.67 bits per heavy atom. The van der Waals surface area contributed by atoms with Gasteiger partial charge in [-0.05, 0) is 31.0 Å². The summed E-state index contributed by atoms with van der Waals surface area (Å²) in [4.78, 5) is 52.5. The zero-order chi connectivity index (χ0) is 21.9. The van der Waals surface area contributed by atoms with Crippen LogP contribution in [0.15, 0.2) is 29.4 Å². The monoisotopic (exact) mass is 419 g/mol. The maximum Gasteiger partial charge on any atom is 0.331 e. The molecule has 30 heavy (non-hydrogen) atoms. The highest BCUT2D eigenvalue weighted by Crippen LogP contribution is 2.21. The van der Waals surface area contributed by atoms with Gasteiger partial charge in [-0.25, -0.2) is 9.59 Å². The van der Waals surface area contributed by atoms with Gasteiger partial charge in [-0.3, -0.25) is 9.59 Å². The first-order valence-corrected chi connectivity index (χ1v) is 9.47. The van der Waals surface area contributed by atoms with Gasteiger partial charge < -0.3 is 25.1 Å². The normalized spacial score (nSPS) is 15.7. The number of urea groups is 1. The average Bonchev–Trinajstić information content (AvgIpc) is 3.06. The van der Waals surface area contributed by atoms with Crippen molar-refractivity contribution in [1.82, 2.24) is 16.2 Å². The fraction of sp³-hybridized carbons (Fsp3) is 0.421. The number of nitrogens with zero attached hydrogens (tertiary/aromatic N) is 2. The minimum Gasteiger partial charge on any atom is -0.466 e. The molecule has 1 fully saturated rings. The summed E-state index contributed by atoms with van der Waals surface area (Å²) < 4.78 is 4.78. The van der Waals surface area contributed by atoms with E-state index < -0.39 is 24.0 Å². The smallest absolute Gasteiger partial charge is 0.331 e. The lowest BCUT2D eigenvalue weighted by Crippen LogP contribution is -2.46. The first-order valence-electron chi connectivity index (χ1n) is 9.47. The summed E-state index contributed by atoms with van der Waals surface area (Å²) in [5.41, 5.74) is 3.57. The van der Waals surface area contributed by atoms with Crippen LogP contribution < -0.4 is 21.1 Å². The lowest BCUT2D eigenvalue weighted by Gasteiger charge is -2.17. The topological polar surface area (TPSA) is 138 Å². The van der Waals surface area contributed by atoms with E-state index >= 15 is 0 Å². The summed E-state index contributed by atoms with van der Waals surface area (Å²) in [6, 6.07) is 5.88. The number of ether oxygens (including phenoxy) is 1. The largest absolute Gasteiger partial charge is 0.466 e. The SMILES string of the molecule is CCOC(=O)CCNC(=O)N[C@H]1CCN(c2ccc(C=NNOC(C)=O)cc2)C1=O. The molecule has 0 aliphatic carbocycles. The highest BCUT2D eigenvalue weighted by molar-refractivity contribution is 6.01. The molecule has 1 heterocycles. The van der Waals surface area contributed by atoms with Crippen LogP contribution >= 0.6 is 0 Å².